The summed E-state index contributed by atoms with van der Waals surface area (Å²) in [4.78, 5) is 16.4. The summed E-state index contributed by atoms with van der Waals surface area (Å²) in [7, 11) is 0. The topological polar surface area (TPSA) is 107 Å². The molecule has 0 aliphatic heterocycles. The number of nitrogens with zero attached hydrogens (tertiary/aromatic N) is 2. The van der Waals surface area contributed by atoms with E-state index in [1.54, 1.807) is 0 Å². The first-order valence-electron chi connectivity index (χ1n) is 1.90. The molecule has 0 amide bonds. The van der Waals surface area contributed by atoms with Gasteiger partial charge in [0.05, 0.1) is 0 Å². The van der Waals surface area contributed by atoms with Crippen LogP contribution in [0.2, 0.25) is 0 Å². The Bertz CT molecular complexity index is 140. The average Bonchev–Trinajstić information content (AvgIpc) is 1.65. The maximum absolute atomic E-state index is 9.58. The smallest absolute Gasteiger partial charge is 0.269 e. The van der Waals surface area contributed by atoms with Gasteiger partial charge in [0.15, 0.2) is 0 Å². The van der Waals surface area contributed by atoms with Crippen molar-refractivity contribution in [2.24, 2.45) is 0 Å². The van der Waals surface area contributed by atoms with E-state index >= 15 is 0 Å². The molecule has 0 atom stereocenters. The van der Waals surface area contributed by atoms with Crippen molar-refractivity contribution < 1.29 is 15.0 Å². The Balaban J connectivity index is 0. The molecule has 0 aliphatic rings. The van der Waals surface area contributed by atoms with Crippen LogP contribution in [0.4, 0.5) is 0 Å². The molecule has 0 saturated carbocycles. The molecule has 0 rings (SSSR count). The molecular formula is C2H4N2NaO5. The van der Waals surface area contributed by atoms with Crippen LogP contribution < -0.4 is 0 Å². The number of hydrogen-bond donors (Lipinski definition) is 1. The van der Waals surface area contributed by atoms with Gasteiger partial charge in [0.1, 0.15) is 16.8 Å². The normalized spacial score (nSPS) is 9.80. The zero-order valence-corrected chi connectivity index (χ0v) is 7.47. The molecule has 0 aliphatic carbocycles. The maximum Gasteiger partial charge on any atom is 0.573 e. The minimum Gasteiger partial charge on any atom is -0.269 e. The molecule has 0 spiro atoms. The Labute approximate surface area is 77.6 Å². The molecular weight excluding hydrogens is 155 g/mol. The Morgan fingerprint density at radius 1 is 1.30 bits per heavy atom. The van der Waals surface area contributed by atoms with Crippen molar-refractivity contribution in [2.75, 3.05) is 0 Å². The number of aliphatic hydroxyl groups is 1. The molecule has 0 aromatic rings. The first-order valence-corrected chi connectivity index (χ1v) is 1.90. The molecule has 8 heteroatoms. The van der Waals surface area contributed by atoms with Crippen LogP contribution in [0.25, 0.3) is 0 Å². The summed E-state index contributed by atoms with van der Waals surface area (Å²) in [5.74, 6) is -3.06. The van der Waals surface area contributed by atoms with Crippen LogP contribution in [-0.2, 0) is 0 Å². The Kier molecular flexibility index (Phi) is 4.74. The molecule has 0 aromatic carbocycles. The van der Waals surface area contributed by atoms with E-state index in [2.05, 4.69) is 0 Å². The second-order valence-electron chi connectivity index (χ2n) is 1.49. The molecule has 0 aromatic heterocycles. The van der Waals surface area contributed by atoms with Gasteiger partial charge in [-0.15, -0.1) is 0 Å². The number of nitro groups is 2. The minimum absolute atomic E-state index is 0. The molecule has 0 saturated heterocycles. The Hall–Kier alpha value is -0.240. The van der Waals surface area contributed by atoms with Crippen molar-refractivity contribution in [2.45, 2.75) is 12.8 Å². The molecule has 1 N–H and O–H groups in total. The van der Waals surface area contributed by atoms with Gasteiger partial charge < -0.3 is 0 Å². The van der Waals surface area contributed by atoms with Gasteiger partial charge >= 0.3 is 5.85 Å². The van der Waals surface area contributed by atoms with Gasteiger partial charge in [-0.2, -0.15) is 0 Å². The number of rotatable bonds is 2. The van der Waals surface area contributed by atoms with Crippen LogP contribution in [0.5, 0.6) is 0 Å². The van der Waals surface area contributed by atoms with Gasteiger partial charge in [0, 0.05) is 29.6 Å². The zero-order chi connectivity index (χ0) is 7.65. The summed E-state index contributed by atoms with van der Waals surface area (Å²) in [6.07, 6.45) is 0. The van der Waals surface area contributed by atoms with Crippen molar-refractivity contribution in [3.63, 3.8) is 0 Å². The third-order valence-corrected chi connectivity index (χ3v) is 0.692. The number of hydrogen-bond acceptors (Lipinski definition) is 5. The van der Waals surface area contributed by atoms with Gasteiger partial charge in [-0.25, -0.2) is 0 Å². The molecule has 10 heavy (non-hydrogen) atoms. The van der Waals surface area contributed by atoms with Gasteiger partial charge in [-0.1, -0.05) is 0 Å². The average molecular weight is 159 g/mol. The Morgan fingerprint density at radius 3 is 1.50 bits per heavy atom. The molecule has 53 valence electrons. The fourth-order valence-corrected chi connectivity index (χ4v) is 0.0667. The van der Waals surface area contributed by atoms with Crippen LogP contribution in [-0.4, -0.2) is 50.4 Å². The largest absolute Gasteiger partial charge is 0.573 e. The molecule has 0 fully saturated rings. The van der Waals surface area contributed by atoms with E-state index in [1.807, 2.05) is 0 Å². The molecule has 1 radical (unpaired) electrons. The van der Waals surface area contributed by atoms with Gasteiger partial charge in [0.2, 0.25) is 0 Å². The summed E-state index contributed by atoms with van der Waals surface area (Å²) in [6.45, 7) is 0.493. The van der Waals surface area contributed by atoms with Crippen LogP contribution >= 0.6 is 0 Å². The van der Waals surface area contributed by atoms with E-state index in [0.717, 1.165) is 0 Å². The summed E-state index contributed by atoms with van der Waals surface area (Å²) >= 11 is 0. The maximum atomic E-state index is 9.58. The predicted molar refractivity (Wildman–Crippen MR) is 30.4 cm³/mol. The molecule has 0 unspecified atom stereocenters. The Morgan fingerprint density at radius 2 is 1.50 bits per heavy atom. The SMILES string of the molecule is CC(O)([N+](=O)[O-])[N+](=O)[O-].[Na]. The van der Waals surface area contributed by atoms with E-state index < -0.39 is 15.7 Å². The van der Waals surface area contributed by atoms with Crippen molar-refractivity contribution >= 4 is 29.6 Å². The van der Waals surface area contributed by atoms with Crippen LogP contribution in [0.3, 0.4) is 0 Å². The van der Waals surface area contributed by atoms with E-state index in [-0.39, 0.29) is 29.6 Å². The summed E-state index contributed by atoms with van der Waals surface area (Å²) in [5, 5.41) is 27.4. The summed E-state index contributed by atoms with van der Waals surface area (Å²) < 4.78 is 0. The molecule has 0 heterocycles. The van der Waals surface area contributed by atoms with Crippen molar-refractivity contribution in [1.82, 2.24) is 0 Å². The van der Waals surface area contributed by atoms with Gasteiger partial charge in [-0.3, -0.25) is 25.3 Å². The van der Waals surface area contributed by atoms with Crippen LogP contribution in [0.1, 0.15) is 6.92 Å². The fraction of sp³-hybridized carbons (Fsp3) is 1.00. The zero-order valence-electron chi connectivity index (χ0n) is 5.47. The predicted octanol–water partition coefficient (Wildman–Crippen LogP) is -1.18. The van der Waals surface area contributed by atoms with Crippen LogP contribution in [0.15, 0.2) is 0 Å². The van der Waals surface area contributed by atoms with Gasteiger partial charge in [-0.05, 0) is 0 Å². The third kappa shape index (κ3) is 2.56. The quantitative estimate of drug-likeness (QED) is 0.236. The van der Waals surface area contributed by atoms with Crippen molar-refractivity contribution in [3.05, 3.63) is 20.2 Å². The summed E-state index contributed by atoms with van der Waals surface area (Å²) in [6, 6.07) is 0. The minimum atomic E-state index is -3.06. The van der Waals surface area contributed by atoms with Crippen molar-refractivity contribution in [3.8, 4) is 0 Å². The first kappa shape index (κ1) is 12.4. The monoisotopic (exact) mass is 159 g/mol. The van der Waals surface area contributed by atoms with E-state index in [1.165, 1.54) is 0 Å². The standard InChI is InChI=1S/C2H4N2O5.Na/c1-2(5,3(6)7)4(8)9;/h5H,1H3;. The van der Waals surface area contributed by atoms with Crippen molar-refractivity contribution in [1.29, 1.82) is 0 Å². The fourth-order valence-electron chi connectivity index (χ4n) is 0.0667. The van der Waals surface area contributed by atoms with E-state index in [0.29, 0.717) is 6.92 Å². The molecule has 7 nitrogen and oxygen atoms in total. The third-order valence-electron chi connectivity index (χ3n) is 0.692. The second kappa shape index (κ2) is 3.81. The second-order valence-corrected chi connectivity index (χ2v) is 1.49. The first-order chi connectivity index (χ1) is 3.89. The van der Waals surface area contributed by atoms with E-state index in [9.17, 15) is 20.2 Å². The van der Waals surface area contributed by atoms with Crippen LogP contribution in [0, 0.1) is 20.2 Å². The summed E-state index contributed by atoms with van der Waals surface area (Å²) in [5.41, 5.74) is 0. The van der Waals surface area contributed by atoms with E-state index in [4.69, 9.17) is 5.11 Å². The molecule has 0 bridgehead atoms. The van der Waals surface area contributed by atoms with Gasteiger partial charge in [0.25, 0.3) is 0 Å².